The number of pyridine rings is 2. The maximum absolute atomic E-state index is 4.46. The van der Waals surface area contributed by atoms with Crippen LogP contribution >= 0.6 is 0 Å². The van der Waals surface area contributed by atoms with Gasteiger partial charge in [0.25, 0.3) is 0 Å². The van der Waals surface area contributed by atoms with E-state index in [2.05, 4.69) is 25.3 Å². The highest BCUT2D eigenvalue weighted by molar-refractivity contribution is 5.57. The van der Waals surface area contributed by atoms with Gasteiger partial charge in [-0.3, -0.25) is 4.98 Å². The van der Waals surface area contributed by atoms with Crippen molar-refractivity contribution in [3.63, 3.8) is 0 Å². The average Bonchev–Trinajstić information content (AvgIpc) is 2.49. The van der Waals surface area contributed by atoms with Crippen molar-refractivity contribution in [3.05, 3.63) is 60.6 Å². The van der Waals surface area contributed by atoms with Crippen molar-refractivity contribution in [1.82, 2.24) is 19.9 Å². The third kappa shape index (κ3) is 2.77. The van der Waals surface area contributed by atoms with E-state index in [1.54, 1.807) is 12.4 Å². The molecule has 3 rings (SSSR count). The van der Waals surface area contributed by atoms with Gasteiger partial charge in [0.1, 0.15) is 5.82 Å². The van der Waals surface area contributed by atoms with E-state index in [9.17, 15) is 0 Å². The molecule has 0 aromatic carbocycles. The lowest BCUT2D eigenvalue weighted by Crippen LogP contribution is -1.99. The molecule has 0 aliphatic rings. The molecule has 0 atom stereocenters. The first-order valence-corrected chi connectivity index (χ1v) is 6.26. The zero-order chi connectivity index (χ0) is 13.8. The van der Waals surface area contributed by atoms with Gasteiger partial charge in [-0.1, -0.05) is 12.1 Å². The van der Waals surface area contributed by atoms with E-state index >= 15 is 0 Å². The molecule has 0 aliphatic heterocycles. The molecule has 0 spiro atoms. The van der Waals surface area contributed by atoms with Gasteiger partial charge in [0, 0.05) is 18.1 Å². The third-order valence-electron chi connectivity index (χ3n) is 2.71. The minimum atomic E-state index is 0.504. The minimum Gasteiger partial charge on any atom is -0.309 e. The van der Waals surface area contributed by atoms with Crippen molar-refractivity contribution in [2.24, 2.45) is 0 Å². The Morgan fingerprint density at radius 2 is 1.70 bits per heavy atom. The molecule has 5 nitrogen and oxygen atoms in total. The van der Waals surface area contributed by atoms with E-state index in [1.165, 1.54) is 0 Å². The van der Waals surface area contributed by atoms with Gasteiger partial charge >= 0.3 is 0 Å². The smallest absolute Gasteiger partial charge is 0.228 e. The first-order chi connectivity index (χ1) is 9.81. The first kappa shape index (κ1) is 12.2. The van der Waals surface area contributed by atoms with Crippen molar-refractivity contribution in [3.8, 4) is 11.4 Å². The van der Waals surface area contributed by atoms with Gasteiger partial charge in [-0.05, 0) is 37.3 Å². The van der Waals surface area contributed by atoms with Gasteiger partial charge < -0.3 is 5.32 Å². The fourth-order valence-electron chi connectivity index (χ4n) is 1.80. The summed E-state index contributed by atoms with van der Waals surface area (Å²) in [4.78, 5) is 17.3. The summed E-state index contributed by atoms with van der Waals surface area (Å²) < 4.78 is 0. The summed E-state index contributed by atoms with van der Waals surface area (Å²) in [6, 6.07) is 13.3. The van der Waals surface area contributed by atoms with Gasteiger partial charge in [-0.2, -0.15) is 0 Å². The molecule has 0 bridgehead atoms. The number of aryl methyl sites for hydroxylation is 1. The van der Waals surface area contributed by atoms with Gasteiger partial charge in [-0.15, -0.1) is 0 Å². The first-order valence-electron chi connectivity index (χ1n) is 6.26. The lowest BCUT2D eigenvalue weighted by Gasteiger charge is -2.05. The second-order valence-corrected chi connectivity index (χ2v) is 4.27. The molecular formula is C15H13N5. The van der Waals surface area contributed by atoms with E-state index < -0.39 is 0 Å². The SMILES string of the molecule is Cc1cccc(-c2ccnc(Nc3ccccn3)n2)n1. The normalized spacial score (nSPS) is 10.2. The Kier molecular flexibility index (Phi) is 3.33. The number of aromatic nitrogens is 4. The van der Waals surface area contributed by atoms with Crippen LogP contribution < -0.4 is 5.32 Å². The summed E-state index contributed by atoms with van der Waals surface area (Å²) in [7, 11) is 0. The molecule has 0 unspecified atom stereocenters. The maximum atomic E-state index is 4.46. The van der Waals surface area contributed by atoms with Crippen LogP contribution in [0.25, 0.3) is 11.4 Å². The van der Waals surface area contributed by atoms with Gasteiger partial charge in [0.2, 0.25) is 5.95 Å². The fraction of sp³-hybridized carbons (Fsp3) is 0.0667. The molecule has 20 heavy (non-hydrogen) atoms. The predicted octanol–water partition coefficient (Wildman–Crippen LogP) is 2.99. The molecule has 3 aromatic heterocycles. The summed E-state index contributed by atoms with van der Waals surface area (Å²) in [5, 5.41) is 3.07. The second-order valence-electron chi connectivity index (χ2n) is 4.27. The van der Waals surface area contributed by atoms with E-state index in [0.717, 1.165) is 17.1 Å². The molecular weight excluding hydrogens is 250 g/mol. The third-order valence-corrected chi connectivity index (χ3v) is 2.71. The summed E-state index contributed by atoms with van der Waals surface area (Å²) in [5.41, 5.74) is 2.57. The number of nitrogens with one attached hydrogen (secondary N) is 1. The summed E-state index contributed by atoms with van der Waals surface area (Å²) in [5.74, 6) is 1.21. The molecule has 0 amide bonds. The van der Waals surface area contributed by atoms with Crippen LogP contribution in [0.15, 0.2) is 54.9 Å². The van der Waals surface area contributed by atoms with Crippen LogP contribution in [-0.4, -0.2) is 19.9 Å². The molecule has 0 aliphatic carbocycles. The van der Waals surface area contributed by atoms with Crippen molar-refractivity contribution in [1.29, 1.82) is 0 Å². The van der Waals surface area contributed by atoms with Crippen LogP contribution in [0, 0.1) is 6.92 Å². The van der Waals surface area contributed by atoms with Crippen LogP contribution in [0.4, 0.5) is 11.8 Å². The van der Waals surface area contributed by atoms with Crippen LogP contribution in [0.5, 0.6) is 0 Å². The highest BCUT2D eigenvalue weighted by atomic mass is 15.1. The Morgan fingerprint density at radius 3 is 2.50 bits per heavy atom. The number of hydrogen-bond donors (Lipinski definition) is 1. The zero-order valence-corrected chi connectivity index (χ0v) is 11.0. The summed E-state index contributed by atoms with van der Waals surface area (Å²) >= 11 is 0. The fourth-order valence-corrected chi connectivity index (χ4v) is 1.80. The lowest BCUT2D eigenvalue weighted by atomic mass is 10.2. The predicted molar refractivity (Wildman–Crippen MR) is 77.5 cm³/mol. The number of hydrogen-bond acceptors (Lipinski definition) is 5. The molecule has 3 heterocycles. The molecule has 98 valence electrons. The van der Waals surface area contributed by atoms with Crippen molar-refractivity contribution < 1.29 is 0 Å². The van der Waals surface area contributed by atoms with E-state index in [-0.39, 0.29) is 0 Å². The van der Waals surface area contributed by atoms with Crippen LogP contribution in [0.2, 0.25) is 0 Å². The van der Waals surface area contributed by atoms with Crippen LogP contribution in [-0.2, 0) is 0 Å². The maximum Gasteiger partial charge on any atom is 0.228 e. The monoisotopic (exact) mass is 263 g/mol. The number of anilines is 2. The molecule has 0 radical (unpaired) electrons. The Balaban J connectivity index is 1.90. The number of rotatable bonds is 3. The lowest BCUT2D eigenvalue weighted by molar-refractivity contribution is 1.12. The molecule has 0 fully saturated rings. The standard InChI is InChI=1S/C15H13N5/c1-11-5-4-6-12(18-11)13-8-10-17-15(19-13)20-14-7-2-3-9-16-14/h2-10H,1H3,(H,16,17,19,20). The van der Waals surface area contributed by atoms with E-state index in [1.807, 2.05) is 49.4 Å². The highest BCUT2D eigenvalue weighted by Gasteiger charge is 2.04. The number of nitrogens with zero attached hydrogens (tertiary/aromatic N) is 4. The van der Waals surface area contributed by atoms with Gasteiger partial charge in [0.05, 0.1) is 11.4 Å². The highest BCUT2D eigenvalue weighted by Crippen LogP contribution is 2.16. The van der Waals surface area contributed by atoms with Gasteiger partial charge in [-0.25, -0.2) is 15.0 Å². The Labute approximate surface area is 116 Å². The Morgan fingerprint density at radius 1 is 0.800 bits per heavy atom. The zero-order valence-electron chi connectivity index (χ0n) is 11.0. The van der Waals surface area contributed by atoms with E-state index in [4.69, 9.17) is 0 Å². The van der Waals surface area contributed by atoms with Crippen LogP contribution in [0.1, 0.15) is 5.69 Å². The second kappa shape index (κ2) is 5.44. The summed E-state index contributed by atoms with van der Waals surface area (Å²) in [6.45, 7) is 1.96. The molecule has 3 aromatic rings. The summed E-state index contributed by atoms with van der Waals surface area (Å²) in [6.07, 6.45) is 3.42. The Bertz CT molecular complexity index is 712. The molecule has 1 N–H and O–H groups in total. The molecule has 0 saturated heterocycles. The van der Waals surface area contributed by atoms with Crippen LogP contribution in [0.3, 0.4) is 0 Å². The average molecular weight is 263 g/mol. The van der Waals surface area contributed by atoms with Crippen molar-refractivity contribution in [2.45, 2.75) is 6.92 Å². The molecule has 5 heteroatoms. The molecule has 0 saturated carbocycles. The van der Waals surface area contributed by atoms with Gasteiger partial charge in [0.15, 0.2) is 0 Å². The Hall–Kier alpha value is -2.82. The minimum absolute atomic E-state index is 0.504. The van der Waals surface area contributed by atoms with E-state index in [0.29, 0.717) is 11.8 Å². The largest absolute Gasteiger partial charge is 0.309 e. The topological polar surface area (TPSA) is 63.6 Å². The van der Waals surface area contributed by atoms with Crippen molar-refractivity contribution in [2.75, 3.05) is 5.32 Å². The van der Waals surface area contributed by atoms with Crippen molar-refractivity contribution >= 4 is 11.8 Å². The quantitative estimate of drug-likeness (QED) is 0.787.